The Morgan fingerprint density at radius 1 is 0.500 bits per heavy atom. The molecule has 0 aliphatic heterocycles. The Morgan fingerprint density at radius 3 is 1.80 bits per heavy atom. The van der Waals surface area contributed by atoms with E-state index in [1.54, 1.807) is 0 Å². The minimum Gasteiger partial charge on any atom is -0.245 e. The minimum atomic E-state index is -0.0936. The largest absolute Gasteiger partial charge is 0.245 e. The summed E-state index contributed by atoms with van der Waals surface area (Å²) in [7, 11) is 0. The molecule has 4 nitrogen and oxygen atoms in total. The molecule has 0 amide bonds. The number of nitrogens with zero attached hydrogens (tertiary/aromatic N) is 4. The van der Waals surface area contributed by atoms with Crippen LogP contribution in [0.1, 0.15) is 49.9 Å². The van der Waals surface area contributed by atoms with E-state index in [2.05, 4.69) is 160 Å². The van der Waals surface area contributed by atoms with Gasteiger partial charge in [-0.05, 0) is 52.8 Å². The fourth-order valence-electron chi connectivity index (χ4n) is 7.45. The van der Waals surface area contributed by atoms with Crippen molar-refractivity contribution in [1.82, 2.24) is 19.9 Å². The molecule has 3 aromatic heterocycles. The quantitative estimate of drug-likeness (QED) is 0.162. The summed E-state index contributed by atoms with van der Waals surface area (Å²) in [6, 6.07) is 52.9. The van der Waals surface area contributed by atoms with E-state index in [9.17, 15) is 0 Å². The Morgan fingerprint density at radius 2 is 1.11 bits per heavy atom. The molecule has 1 aliphatic rings. The normalized spacial score (nSPS) is 14.4. The first kappa shape index (κ1) is 33.3. The lowest BCUT2D eigenvalue weighted by Crippen LogP contribution is -2.12. The average Bonchev–Trinajstić information content (AvgIpc) is 3.23. The number of rotatable bonds is 6. The number of hydrogen-bond donors (Lipinski definition) is 0. The Hall–Kier alpha value is -6.52. The van der Waals surface area contributed by atoms with Crippen molar-refractivity contribution in [2.75, 3.05) is 0 Å². The van der Waals surface area contributed by atoms with E-state index in [4.69, 9.17) is 19.9 Å². The lowest BCUT2D eigenvalue weighted by molar-refractivity contribution is 0.595. The maximum absolute atomic E-state index is 5.37. The van der Waals surface area contributed by atoms with Crippen molar-refractivity contribution in [2.24, 2.45) is 0 Å². The van der Waals surface area contributed by atoms with Crippen LogP contribution in [0.4, 0.5) is 0 Å². The molecule has 5 aromatic carbocycles. The molecule has 0 fully saturated rings. The average molecular weight is 697 g/mol. The van der Waals surface area contributed by atoms with Gasteiger partial charge < -0.3 is 0 Å². The van der Waals surface area contributed by atoms with Crippen molar-refractivity contribution in [3.05, 3.63) is 187 Å². The van der Waals surface area contributed by atoms with Crippen LogP contribution >= 0.6 is 0 Å². The third kappa shape index (κ3) is 6.52. The minimum absolute atomic E-state index is 0.0936. The molecular weight excluding hydrogens is 657 g/mol. The summed E-state index contributed by atoms with van der Waals surface area (Å²) in [4.78, 5) is 20.7. The van der Waals surface area contributed by atoms with Crippen molar-refractivity contribution >= 4 is 27.4 Å². The van der Waals surface area contributed by atoms with Crippen LogP contribution in [-0.2, 0) is 5.41 Å². The van der Waals surface area contributed by atoms with Crippen LogP contribution in [0, 0.1) is 0 Å². The van der Waals surface area contributed by atoms with E-state index in [0.29, 0.717) is 0 Å². The predicted molar refractivity (Wildman–Crippen MR) is 224 cm³/mol. The van der Waals surface area contributed by atoms with Crippen LogP contribution in [0.3, 0.4) is 0 Å². The Kier molecular flexibility index (Phi) is 8.51. The third-order valence-corrected chi connectivity index (χ3v) is 10.3. The predicted octanol–water partition coefficient (Wildman–Crippen LogP) is 12.7. The molecule has 0 saturated heterocycles. The van der Waals surface area contributed by atoms with Gasteiger partial charge in [0.05, 0.1) is 33.8 Å². The molecule has 9 rings (SSSR count). The zero-order valence-corrected chi connectivity index (χ0v) is 30.7. The lowest BCUT2D eigenvalue weighted by Gasteiger charge is -2.23. The summed E-state index contributed by atoms with van der Waals surface area (Å²) >= 11 is 0. The highest BCUT2D eigenvalue weighted by Gasteiger charge is 2.22. The molecule has 0 spiro atoms. The van der Waals surface area contributed by atoms with Crippen LogP contribution in [0.2, 0.25) is 0 Å². The molecule has 1 atom stereocenters. The van der Waals surface area contributed by atoms with Crippen molar-refractivity contribution in [2.45, 2.75) is 38.5 Å². The van der Waals surface area contributed by atoms with Gasteiger partial charge in [0.1, 0.15) is 0 Å². The van der Waals surface area contributed by atoms with Crippen LogP contribution in [0.5, 0.6) is 0 Å². The molecule has 0 bridgehead atoms. The lowest BCUT2D eigenvalue weighted by atomic mass is 9.83. The third-order valence-electron chi connectivity index (χ3n) is 10.3. The molecule has 0 saturated carbocycles. The van der Waals surface area contributed by atoms with Crippen LogP contribution in [-0.4, -0.2) is 19.9 Å². The van der Waals surface area contributed by atoms with Gasteiger partial charge in [0.15, 0.2) is 5.82 Å². The first-order chi connectivity index (χ1) is 26.4. The fraction of sp³-hybridized carbons (Fsp3) is 0.120. The molecule has 4 heteroatoms. The number of aromatic nitrogens is 4. The monoisotopic (exact) mass is 696 g/mol. The second-order valence-corrected chi connectivity index (χ2v) is 15.1. The SMILES string of the molecule is CC(C)(C)c1cc(-c2cccc(C3=CCC(c4cc(-c5ccccc5)nc(-c5ccccc5)n4)C=C3)c2)nc2c1ccc1ccc(-c3ccccc3)nc12. The zero-order valence-electron chi connectivity index (χ0n) is 30.7. The number of allylic oxidation sites excluding steroid dienone is 4. The highest BCUT2D eigenvalue weighted by Crippen LogP contribution is 2.38. The number of hydrogen-bond acceptors (Lipinski definition) is 4. The topological polar surface area (TPSA) is 51.6 Å². The van der Waals surface area contributed by atoms with Gasteiger partial charge in [0.25, 0.3) is 0 Å². The summed E-state index contributed by atoms with van der Waals surface area (Å²) < 4.78 is 0. The molecule has 1 aliphatic carbocycles. The highest BCUT2D eigenvalue weighted by atomic mass is 14.9. The van der Waals surface area contributed by atoms with Gasteiger partial charge in [-0.2, -0.15) is 0 Å². The molecule has 0 radical (unpaired) electrons. The summed E-state index contributed by atoms with van der Waals surface area (Å²) in [5.41, 5.74) is 13.5. The number of benzene rings is 5. The van der Waals surface area contributed by atoms with Crippen molar-refractivity contribution in [3.63, 3.8) is 0 Å². The van der Waals surface area contributed by atoms with E-state index >= 15 is 0 Å². The van der Waals surface area contributed by atoms with Crippen LogP contribution in [0.25, 0.3) is 72.5 Å². The van der Waals surface area contributed by atoms with Gasteiger partial charge in [0.2, 0.25) is 0 Å². The second kappa shape index (κ2) is 13.8. The number of pyridine rings is 2. The molecule has 54 heavy (non-hydrogen) atoms. The van der Waals surface area contributed by atoms with E-state index in [-0.39, 0.29) is 11.3 Å². The Labute approximate surface area is 316 Å². The summed E-state index contributed by atoms with van der Waals surface area (Å²) in [6.07, 6.45) is 7.73. The molecule has 1 unspecified atom stereocenters. The van der Waals surface area contributed by atoms with Crippen LogP contribution in [0.15, 0.2) is 170 Å². The van der Waals surface area contributed by atoms with E-state index in [1.165, 1.54) is 16.7 Å². The van der Waals surface area contributed by atoms with E-state index in [0.717, 1.165) is 79.1 Å². The van der Waals surface area contributed by atoms with Gasteiger partial charge in [-0.25, -0.2) is 19.9 Å². The van der Waals surface area contributed by atoms with Gasteiger partial charge in [0, 0.05) is 38.9 Å². The van der Waals surface area contributed by atoms with Gasteiger partial charge in [-0.1, -0.05) is 166 Å². The smallest absolute Gasteiger partial charge is 0.160 e. The van der Waals surface area contributed by atoms with Gasteiger partial charge in [-0.3, -0.25) is 0 Å². The molecule has 260 valence electrons. The standard InChI is InChI=1S/C50H40N4/c1-50(2,3)42-31-44(52-48-41(42)28-26-37-27-29-43(51-47(37)48)34-14-7-4-8-15-34)40-21-13-20-39(30-40)33-22-24-36(25-23-33)46-32-45(35-16-9-5-10-17-35)53-49(54-46)38-18-11-6-12-19-38/h4-24,26-32,36H,25H2,1-3H3. The van der Waals surface area contributed by atoms with E-state index < -0.39 is 0 Å². The molecule has 0 N–H and O–H groups in total. The summed E-state index contributed by atoms with van der Waals surface area (Å²) in [5, 5.41) is 2.23. The first-order valence-electron chi connectivity index (χ1n) is 18.7. The maximum Gasteiger partial charge on any atom is 0.160 e. The van der Waals surface area contributed by atoms with E-state index in [1.807, 2.05) is 30.3 Å². The van der Waals surface area contributed by atoms with Crippen molar-refractivity contribution in [3.8, 4) is 45.2 Å². The van der Waals surface area contributed by atoms with Gasteiger partial charge in [-0.15, -0.1) is 0 Å². The van der Waals surface area contributed by atoms with Gasteiger partial charge >= 0.3 is 0 Å². The highest BCUT2D eigenvalue weighted by molar-refractivity contribution is 6.05. The molecule has 3 heterocycles. The molecule has 8 aromatic rings. The zero-order chi connectivity index (χ0) is 36.6. The maximum atomic E-state index is 5.37. The fourth-order valence-corrected chi connectivity index (χ4v) is 7.45. The van der Waals surface area contributed by atoms with Crippen LogP contribution < -0.4 is 0 Å². The first-order valence-corrected chi connectivity index (χ1v) is 18.7. The summed E-state index contributed by atoms with van der Waals surface area (Å²) in [6.45, 7) is 6.83. The van der Waals surface area contributed by atoms with Crippen molar-refractivity contribution < 1.29 is 0 Å². The Balaban J connectivity index is 1.07. The molecular formula is C50H40N4. The second-order valence-electron chi connectivity index (χ2n) is 15.1. The summed E-state index contributed by atoms with van der Waals surface area (Å²) in [5.74, 6) is 0.891. The Bertz CT molecular complexity index is 2650. The number of fused-ring (bicyclic) bond motifs is 3. The van der Waals surface area contributed by atoms with Crippen molar-refractivity contribution in [1.29, 1.82) is 0 Å².